The van der Waals surface area contributed by atoms with Crippen molar-refractivity contribution in [3.8, 4) is 11.5 Å². The molecule has 0 bridgehead atoms. The van der Waals surface area contributed by atoms with E-state index in [2.05, 4.69) is 29.2 Å². The van der Waals surface area contributed by atoms with Gasteiger partial charge < -0.3 is 14.9 Å². The minimum absolute atomic E-state index is 0.115. The molecule has 1 aliphatic carbocycles. The van der Waals surface area contributed by atoms with Gasteiger partial charge in [-0.3, -0.25) is 4.90 Å². The predicted octanol–water partition coefficient (Wildman–Crippen LogP) is 4.78. The Labute approximate surface area is 173 Å². The highest BCUT2D eigenvalue weighted by atomic mass is 16.5. The molecule has 0 spiro atoms. The van der Waals surface area contributed by atoms with Gasteiger partial charge in [-0.1, -0.05) is 61.4 Å². The van der Waals surface area contributed by atoms with Gasteiger partial charge in [0.25, 0.3) is 0 Å². The number of methoxy groups -OCH3 is 1. The summed E-state index contributed by atoms with van der Waals surface area (Å²) in [7, 11) is 1.58. The van der Waals surface area contributed by atoms with Crippen LogP contribution in [0.5, 0.6) is 11.5 Å². The van der Waals surface area contributed by atoms with Crippen LogP contribution < -0.4 is 4.74 Å². The molecule has 2 aliphatic rings. The lowest BCUT2D eigenvalue weighted by atomic mass is 9.66. The Morgan fingerprint density at radius 2 is 1.97 bits per heavy atom. The number of benzene rings is 2. The molecule has 2 aromatic rings. The largest absolute Gasteiger partial charge is 0.504 e. The first-order chi connectivity index (χ1) is 14.1. The number of likely N-dealkylation sites (tertiary alicyclic amines) is 1. The maximum atomic E-state index is 11.4. The molecule has 4 heteroatoms. The third kappa shape index (κ3) is 4.19. The summed E-state index contributed by atoms with van der Waals surface area (Å²) in [4.78, 5) is 2.47. The fourth-order valence-corrected chi connectivity index (χ4v) is 5.16. The number of fused-ring (bicyclic) bond motifs is 1. The van der Waals surface area contributed by atoms with Crippen LogP contribution in [0.15, 0.2) is 54.6 Å². The van der Waals surface area contributed by atoms with Crippen LogP contribution in [0.1, 0.15) is 49.3 Å². The van der Waals surface area contributed by atoms with Crippen LogP contribution >= 0.6 is 0 Å². The van der Waals surface area contributed by atoms with Crippen LogP contribution in [-0.4, -0.2) is 40.9 Å². The Morgan fingerprint density at radius 3 is 2.76 bits per heavy atom. The van der Waals surface area contributed by atoms with Gasteiger partial charge in [-0.15, -0.1) is 0 Å². The highest BCUT2D eigenvalue weighted by Gasteiger charge is 2.48. The molecule has 4 nitrogen and oxygen atoms in total. The van der Waals surface area contributed by atoms with E-state index >= 15 is 0 Å². The molecule has 154 valence electrons. The van der Waals surface area contributed by atoms with Crippen molar-refractivity contribution in [2.75, 3.05) is 20.2 Å². The summed E-state index contributed by atoms with van der Waals surface area (Å²) in [6.07, 6.45) is 9.38. The molecular weight excluding hydrogens is 362 g/mol. The number of hydrogen-bond acceptors (Lipinski definition) is 4. The molecule has 1 heterocycles. The van der Waals surface area contributed by atoms with E-state index in [1.54, 1.807) is 13.2 Å². The first-order valence-electron chi connectivity index (χ1n) is 10.7. The molecule has 4 rings (SSSR count). The number of aliphatic hydroxyl groups is 1. The first kappa shape index (κ1) is 20.0. The second-order valence-corrected chi connectivity index (χ2v) is 8.39. The quantitative estimate of drug-likeness (QED) is 0.767. The third-order valence-corrected chi connectivity index (χ3v) is 6.67. The van der Waals surface area contributed by atoms with Gasteiger partial charge in [0.15, 0.2) is 11.5 Å². The molecule has 29 heavy (non-hydrogen) atoms. The summed E-state index contributed by atoms with van der Waals surface area (Å²) >= 11 is 0. The molecule has 0 unspecified atom stereocenters. The lowest BCUT2D eigenvalue weighted by Crippen LogP contribution is -2.54. The maximum Gasteiger partial charge on any atom is 0.160 e. The Kier molecular flexibility index (Phi) is 5.93. The average Bonchev–Trinajstić information content (AvgIpc) is 2.75. The standard InChI is InChI=1S/C25H31NO3/c1-29-23-18-20(12-13-22(23)27)24-21-11-5-6-14-25(21,28)15-17-26(24)16-7-10-19-8-3-2-4-9-19/h2-4,7-10,12-13,18,21,24,27-28H,5-6,11,14-17H2,1H3/b10-7+/t21-,24-,25-/m1/s1. The smallest absolute Gasteiger partial charge is 0.160 e. The molecule has 0 radical (unpaired) electrons. The summed E-state index contributed by atoms with van der Waals surface area (Å²) in [6, 6.07) is 16.1. The Morgan fingerprint density at radius 1 is 1.14 bits per heavy atom. The third-order valence-electron chi connectivity index (χ3n) is 6.67. The van der Waals surface area contributed by atoms with Gasteiger partial charge in [-0.2, -0.15) is 0 Å². The molecule has 2 fully saturated rings. The van der Waals surface area contributed by atoms with Crippen LogP contribution in [0.3, 0.4) is 0 Å². The van der Waals surface area contributed by atoms with Crippen molar-refractivity contribution in [3.05, 3.63) is 65.7 Å². The number of phenolic OH excluding ortho intramolecular Hbond substituents is 1. The molecular formula is C25H31NO3. The first-order valence-corrected chi connectivity index (χ1v) is 10.7. The summed E-state index contributed by atoms with van der Waals surface area (Å²) in [5.74, 6) is 0.845. The number of rotatable bonds is 5. The van der Waals surface area contributed by atoms with Gasteiger partial charge in [0.1, 0.15) is 0 Å². The van der Waals surface area contributed by atoms with E-state index in [9.17, 15) is 10.2 Å². The molecule has 3 atom stereocenters. The van der Waals surface area contributed by atoms with E-state index < -0.39 is 5.60 Å². The second kappa shape index (κ2) is 8.60. The molecule has 2 N–H and O–H groups in total. The zero-order chi connectivity index (χ0) is 20.3. The molecule has 1 saturated carbocycles. The Bertz CT molecular complexity index is 850. The van der Waals surface area contributed by atoms with Crippen molar-refractivity contribution in [1.29, 1.82) is 0 Å². The van der Waals surface area contributed by atoms with Crippen molar-refractivity contribution in [2.24, 2.45) is 5.92 Å². The van der Waals surface area contributed by atoms with Gasteiger partial charge in [0.05, 0.1) is 12.7 Å². The Hall–Kier alpha value is -2.30. The van der Waals surface area contributed by atoms with Gasteiger partial charge in [0, 0.05) is 25.0 Å². The normalized spacial score (nSPS) is 27.7. The number of hydrogen-bond donors (Lipinski definition) is 2. The molecule has 1 saturated heterocycles. The van der Waals surface area contributed by atoms with E-state index in [-0.39, 0.29) is 17.7 Å². The van der Waals surface area contributed by atoms with Crippen LogP contribution in [0.2, 0.25) is 0 Å². The summed E-state index contributed by atoms with van der Waals surface area (Å²) in [6.45, 7) is 1.69. The zero-order valence-electron chi connectivity index (χ0n) is 17.1. The summed E-state index contributed by atoms with van der Waals surface area (Å²) < 4.78 is 5.37. The SMILES string of the molecule is COc1cc([C@@H]2[C@H]3CCCC[C@@]3(O)CCN2C/C=C/c2ccccc2)ccc1O. The molecule has 0 amide bonds. The number of nitrogens with zero attached hydrogens (tertiary/aromatic N) is 1. The highest BCUT2D eigenvalue weighted by Crippen LogP contribution is 2.50. The zero-order valence-corrected chi connectivity index (χ0v) is 17.1. The highest BCUT2D eigenvalue weighted by molar-refractivity contribution is 5.49. The van der Waals surface area contributed by atoms with E-state index in [0.29, 0.717) is 5.75 Å². The van der Waals surface area contributed by atoms with E-state index in [1.165, 1.54) is 5.56 Å². The monoisotopic (exact) mass is 393 g/mol. The summed E-state index contributed by atoms with van der Waals surface area (Å²) in [5, 5.41) is 21.5. The molecule has 1 aliphatic heterocycles. The predicted molar refractivity (Wildman–Crippen MR) is 116 cm³/mol. The summed E-state index contributed by atoms with van der Waals surface area (Å²) in [5.41, 5.74) is 1.72. The van der Waals surface area contributed by atoms with Gasteiger partial charge in [-0.05, 0) is 42.5 Å². The lowest BCUT2D eigenvalue weighted by Gasteiger charge is -2.52. The van der Waals surface area contributed by atoms with Crippen LogP contribution in [0.4, 0.5) is 0 Å². The van der Waals surface area contributed by atoms with Gasteiger partial charge in [-0.25, -0.2) is 0 Å². The fraction of sp³-hybridized carbons (Fsp3) is 0.440. The van der Waals surface area contributed by atoms with Crippen molar-refractivity contribution in [1.82, 2.24) is 4.90 Å². The fourth-order valence-electron chi connectivity index (χ4n) is 5.16. The van der Waals surface area contributed by atoms with Crippen molar-refractivity contribution < 1.29 is 14.9 Å². The van der Waals surface area contributed by atoms with E-state index in [1.807, 2.05) is 30.3 Å². The Balaban J connectivity index is 1.63. The van der Waals surface area contributed by atoms with Gasteiger partial charge in [0.2, 0.25) is 0 Å². The number of ether oxygens (including phenoxy) is 1. The van der Waals surface area contributed by atoms with Crippen LogP contribution in [0.25, 0.3) is 6.08 Å². The number of phenols is 1. The van der Waals surface area contributed by atoms with Crippen molar-refractivity contribution in [3.63, 3.8) is 0 Å². The number of aromatic hydroxyl groups is 1. The van der Waals surface area contributed by atoms with Crippen molar-refractivity contribution in [2.45, 2.75) is 43.7 Å². The minimum Gasteiger partial charge on any atom is -0.504 e. The number of piperidine rings is 1. The van der Waals surface area contributed by atoms with Gasteiger partial charge >= 0.3 is 0 Å². The lowest BCUT2D eigenvalue weighted by molar-refractivity contribution is -0.122. The second-order valence-electron chi connectivity index (χ2n) is 8.39. The van der Waals surface area contributed by atoms with E-state index in [4.69, 9.17) is 4.74 Å². The van der Waals surface area contributed by atoms with E-state index in [0.717, 1.165) is 50.8 Å². The molecule has 2 aromatic carbocycles. The van der Waals surface area contributed by atoms with Crippen LogP contribution in [-0.2, 0) is 0 Å². The topological polar surface area (TPSA) is 52.9 Å². The molecule has 0 aromatic heterocycles. The van der Waals surface area contributed by atoms with Crippen LogP contribution in [0, 0.1) is 5.92 Å². The average molecular weight is 394 g/mol. The minimum atomic E-state index is -0.590. The maximum absolute atomic E-state index is 11.4. The van der Waals surface area contributed by atoms with Crippen molar-refractivity contribution >= 4 is 6.08 Å².